The molecule has 0 aromatic heterocycles. The molecular formula is C11H16O4. The van der Waals surface area contributed by atoms with Crippen LogP contribution in [0.1, 0.15) is 0 Å². The van der Waals surface area contributed by atoms with E-state index >= 15 is 0 Å². The quantitative estimate of drug-likeness (QED) is 0.622. The van der Waals surface area contributed by atoms with Crippen molar-refractivity contribution in [3.05, 3.63) is 30.3 Å². The first-order valence-corrected chi connectivity index (χ1v) is 4.77. The molecule has 15 heavy (non-hydrogen) atoms. The molecule has 0 saturated heterocycles. The molecule has 0 saturated carbocycles. The predicted molar refractivity (Wildman–Crippen MR) is 55.6 cm³/mol. The Balaban J connectivity index is 2.54. The van der Waals surface area contributed by atoms with E-state index in [0.717, 1.165) is 0 Å². The van der Waals surface area contributed by atoms with E-state index in [4.69, 9.17) is 20.1 Å². The summed E-state index contributed by atoms with van der Waals surface area (Å²) in [5.74, 6) is 0.650. The molecule has 0 radical (unpaired) electrons. The first-order chi connectivity index (χ1) is 7.26. The van der Waals surface area contributed by atoms with Crippen LogP contribution >= 0.6 is 0 Å². The van der Waals surface area contributed by atoms with Gasteiger partial charge in [-0.1, -0.05) is 18.2 Å². The second-order valence-electron chi connectivity index (χ2n) is 3.58. The van der Waals surface area contributed by atoms with Crippen molar-refractivity contribution < 1.29 is 20.1 Å². The molecule has 1 rings (SSSR count). The van der Waals surface area contributed by atoms with Gasteiger partial charge < -0.3 is 20.1 Å². The Kier molecular flexibility index (Phi) is 4.55. The molecule has 1 aromatic rings. The van der Waals surface area contributed by atoms with Crippen molar-refractivity contribution >= 4 is 0 Å². The fraction of sp³-hybridized carbons (Fsp3) is 0.455. The third-order valence-electron chi connectivity index (χ3n) is 2.29. The second kappa shape index (κ2) is 5.70. The SMILES string of the molecule is OCC(CO)(CO)COc1ccccc1. The molecule has 0 aliphatic heterocycles. The number of hydrogen-bond acceptors (Lipinski definition) is 4. The summed E-state index contributed by atoms with van der Waals surface area (Å²) in [5, 5.41) is 27.2. The summed E-state index contributed by atoms with van der Waals surface area (Å²) in [5.41, 5.74) is -0.976. The van der Waals surface area contributed by atoms with Crippen molar-refractivity contribution in [2.75, 3.05) is 26.4 Å². The van der Waals surface area contributed by atoms with Gasteiger partial charge in [-0.3, -0.25) is 0 Å². The first kappa shape index (κ1) is 12.0. The van der Waals surface area contributed by atoms with Gasteiger partial charge in [0.15, 0.2) is 0 Å². The summed E-state index contributed by atoms with van der Waals surface area (Å²) in [4.78, 5) is 0. The van der Waals surface area contributed by atoms with Crippen LogP contribution < -0.4 is 4.74 Å². The van der Waals surface area contributed by atoms with E-state index in [0.29, 0.717) is 5.75 Å². The molecule has 0 bridgehead atoms. The maximum Gasteiger partial charge on any atom is 0.119 e. The Labute approximate surface area is 88.8 Å². The number of benzene rings is 1. The van der Waals surface area contributed by atoms with Crippen LogP contribution in [0.3, 0.4) is 0 Å². The predicted octanol–water partition coefficient (Wildman–Crippen LogP) is 0.0287. The molecule has 0 heterocycles. The fourth-order valence-electron chi connectivity index (χ4n) is 1.04. The largest absolute Gasteiger partial charge is 0.493 e. The fourth-order valence-corrected chi connectivity index (χ4v) is 1.04. The molecule has 3 N–H and O–H groups in total. The molecule has 0 unspecified atom stereocenters. The highest BCUT2D eigenvalue weighted by atomic mass is 16.5. The van der Waals surface area contributed by atoms with Gasteiger partial charge in [0.25, 0.3) is 0 Å². The number of rotatable bonds is 6. The maximum atomic E-state index is 9.05. The van der Waals surface area contributed by atoms with Crippen molar-refractivity contribution in [1.82, 2.24) is 0 Å². The van der Waals surface area contributed by atoms with Gasteiger partial charge in [-0.2, -0.15) is 0 Å². The zero-order valence-corrected chi connectivity index (χ0v) is 8.47. The Bertz CT molecular complexity index is 261. The lowest BCUT2D eigenvalue weighted by Gasteiger charge is -2.26. The van der Waals surface area contributed by atoms with Crippen LogP contribution in [-0.2, 0) is 0 Å². The number of aliphatic hydroxyl groups excluding tert-OH is 3. The van der Waals surface area contributed by atoms with E-state index in [1.807, 2.05) is 18.2 Å². The summed E-state index contributed by atoms with van der Waals surface area (Å²) in [7, 11) is 0. The smallest absolute Gasteiger partial charge is 0.119 e. The lowest BCUT2D eigenvalue weighted by Crippen LogP contribution is -2.39. The third kappa shape index (κ3) is 3.20. The minimum atomic E-state index is -0.976. The Morgan fingerprint density at radius 3 is 1.93 bits per heavy atom. The average Bonchev–Trinajstić information content (AvgIpc) is 2.33. The van der Waals surface area contributed by atoms with Gasteiger partial charge in [0.1, 0.15) is 12.4 Å². The molecular weight excluding hydrogens is 196 g/mol. The van der Waals surface area contributed by atoms with E-state index in [2.05, 4.69) is 0 Å². The van der Waals surface area contributed by atoms with Gasteiger partial charge >= 0.3 is 0 Å². The summed E-state index contributed by atoms with van der Waals surface area (Å²) < 4.78 is 5.36. The van der Waals surface area contributed by atoms with Crippen molar-refractivity contribution in [3.63, 3.8) is 0 Å². The number of ether oxygens (including phenoxy) is 1. The van der Waals surface area contributed by atoms with Gasteiger partial charge in [0.05, 0.1) is 25.2 Å². The summed E-state index contributed by atoms with van der Waals surface area (Å²) in [6, 6.07) is 9.07. The molecule has 0 aliphatic rings. The van der Waals surface area contributed by atoms with Crippen molar-refractivity contribution in [2.24, 2.45) is 5.41 Å². The zero-order valence-electron chi connectivity index (χ0n) is 8.47. The lowest BCUT2D eigenvalue weighted by molar-refractivity contribution is -0.0258. The lowest BCUT2D eigenvalue weighted by atomic mass is 9.93. The molecule has 4 nitrogen and oxygen atoms in total. The van der Waals surface area contributed by atoms with Crippen LogP contribution in [0.5, 0.6) is 5.75 Å². The van der Waals surface area contributed by atoms with Gasteiger partial charge in [-0.15, -0.1) is 0 Å². The number of aliphatic hydroxyl groups is 3. The highest BCUT2D eigenvalue weighted by Gasteiger charge is 2.29. The second-order valence-corrected chi connectivity index (χ2v) is 3.58. The molecule has 0 amide bonds. The minimum Gasteiger partial charge on any atom is -0.493 e. The highest BCUT2D eigenvalue weighted by Crippen LogP contribution is 2.18. The number of hydrogen-bond donors (Lipinski definition) is 3. The van der Waals surface area contributed by atoms with Crippen LogP contribution in [0.15, 0.2) is 30.3 Å². The van der Waals surface area contributed by atoms with Crippen LogP contribution in [0, 0.1) is 5.41 Å². The van der Waals surface area contributed by atoms with Gasteiger partial charge in [-0.05, 0) is 12.1 Å². The summed E-state index contributed by atoms with van der Waals surface area (Å²) in [6.45, 7) is -0.854. The third-order valence-corrected chi connectivity index (χ3v) is 2.29. The molecule has 0 aliphatic carbocycles. The normalized spacial score (nSPS) is 11.4. The Hall–Kier alpha value is -1.10. The Morgan fingerprint density at radius 1 is 0.933 bits per heavy atom. The molecule has 0 fully saturated rings. The first-order valence-electron chi connectivity index (χ1n) is 4.77. The molecule has 84 valence electrons. The van der Waals surface area contributed by atoms with Crippen LogP contribution in [0.2, 0.25) is 0 Å². The summed E-state index contributed by atoms with van der Waals surface area (Å²) in [6.07, 6.45) is 0. The van der Waals surface area contributed by atoms with Crippen molar-refractivity contribution in [3.8, 4) is 5.75 Å². The summed E-state index contributed by atoms with van der Waals surface area (Å²) >= 11 is 0. The number of para-hydroxylation sites is 1. The van der Waals surface area contributed by atoms with Crippen molar-refractivity contribution in [2.45, 2.75) is 0 Å². The highest BCUT2D eigenvalue weighted by molar-refractivity contribution is 5.21. The van der Waals surface area contributed by atoms with Gasteiger partial charge in [-0.25, -0.2) is 0 Å². The van der Waals surface area contributed by atoms with E-state index < -0.39 is 5.41 Å². The minimum absolute atomic E-state index is 0.0838. The van der Waals surface area contributed by atoms with Crippen LogP contribution in [0.25, 0.3) is 0 Å². The zero-order chi connectivity index (χ0) is 11.1. The molecule has 0 atom stereocenters. The standard InChI is InChI=1S/C11H16O4/c12-6-11(7-13,8-14)9-15-10-4-2-1-3-5-10/h1-5,12-14H,6-9H2. The average molecular weight is 212 g/mol. The monoisotopic (exact) mass is 212 g/mol. The van der Waals surface area contributed by atoms with E-state index in [-0.39, 0.29) is 26.4 Å². The molecule has 4 heteroatoms. The maximum absolute atomic E-state index is 9.05. The van der Waals surface area contributed by atoms with E-state index in [9.17, 15) is 0 Å². The molecule has 0 spiro atoms. The van der Waals surface area contributed by atoms with E-state index in [1.165, 1.54) is 0 Å². The Morgan fingerprint density at radius 2 is 1.47 bits per heavy atom. The van der Waals surface area contributed by atoms with Crippen LogP contribution in [0.4, 0.5) is 0 Å². The van der Waals surface area contributed by atoms with E-state index in [1.54, 1.807) is 12.1 Å². The molecule has 1 aromatic carbocycles. The topological polar surface area (TPSA) is 69.9 Å². The van der Waals surface area contributed by atoms with Gasteiger partial charge in [0.2, 0.25) is 0 Å². The van der Waals surface area contributed by atoms with Crippen molar-refractivity contribution in [1.29, 1.82) is 0 Å². The van der Waals surface area contributed by atoms with Crippen LogP contribution in [-0.4, -0.2) is 41.7 Å². The van der Waals surface area contributed by atoms with Gasteiger partial charge in [0, 0.05) is 0 Å².